The predicted octanol–water partition coefficient (Wildman–Crippen LogP) is 2.98. The lowest BCUT2D eigenvalue weighted by Gasteiger charge is -2.10. The van der Waals surface area contributed by atoms with Crippen LogP contribution in [0.4, 0.5) is 5.69 Å². The molecule has 102 valence electrons. The molecule has 2 rings (SSSR count). The molecule has 0 aromatic heterocycles. The summed E-state index contributed by atoms with van der Waals surface area (Å²) in [5.41, 5.74) is 2.47. The third-order valence-electron chi connectivity index (χ3n) is 2.91. The first-order valence-electron chi connectivity index (χ1n) is 6.02. The lowest BCUT2D eigenvalue weighted by atomic mass is 10.2. The van der Waals surface area contributed by atoms with Crippen molar-refractivity contribution in [2.75, 3.05) is 4.72 Å². The fourth-order valence-corrected chi connectivity index (χ4v) is 3.12. The first kappa shape index (κ1) is 14.1. The Kier molecular flexibility index (Phi) is 3.77. The molecule has 0 atom stereocenters. The Balaban J connectivity index is 2.40. The van der Waals surface area contributed by atoms with Gasteiger partial charge in [0.2, 0.25) is 0 Å². The van der Waals surface area contributed by atoms with Crippen molar-refractivity contribution < 1.29 is 8.42 Å². The zero-order valence-electron chi connectivity index (χ0n) is 11.2. The highest BCUT2D eigenvalue weighted by atomic mass is 32.2. The molecule has 0 spiro atoms. The van der Waals surface area contributed by atoms with Crippen LogP contribution in [-0.4, -0.2) is 8.42 Å². The van der Waals surface area contributed by atoms with Crippen LogP contribution >= 0.6 is 0 Å². The van der Waals surface area contributed by atoms with E-state index in [1.807, 2.05) is 25.1 Å². The fraction of sp³-hybridized carbons (Fsp3) is 0.133. The summed E-state index contributed by atoms with van der Waals surface area (Å²) < 4.78 is 27.2. The van der Waals surface area contributed by atoms with E-state index in [1.54, 1.807) is 31.2 Å². The molecule has 2 aromatic carbocycles. The monoisotopic (exact) mass is 286 g/mol. The van der Waals surface area contributed by atoms with Gasteiger partial charge in [0.15, 0.2) is 0 Å². The second-order valence-electron chi connectivity index (χ2n) is 4.56. The highest BCUT2D eigenvalue weighted by molar-refractivity contribution is 7.92. The van der Waals surface area contributed by atoms with E-state index in [2.05, 4.69) is 4.72 Å². The smallest absolute Gasteiger partial charge is 0.262 e. The van der Waals surface area contributed by atoms with Gasteiger partial charge in [-0.3, -0.25) is 4.72 Å². The molecule has 0 amide bonds. The quantitative estimate of drug-likeness (QED) is 0.943. The zero-order chi connectivity index (χ0) is 14.8. The molecular formula is C15H14N2O2S. The molecule has 0 aliphatic carbocycles. The van der Waals surface area contributed by atoms with E-state index in [0.29, 0.717) is 16.8 Å². The Morgan fingerprint density at radius 2 is 1.70 bits per heavy atom. The van der Waals surface area contributed by atoms with E-state index >= 15 is 0 Å². The molecule has 0 radical (unpaired) electrons. The largest absolute Gasteiger partial charge is 0.280 e. The second kappa shape index (κ2) is 5.35. The van der Waals surface area contributed by atoms with Crippen LogP contribution < -0.4 is 4.72 Å². The molecule has 20 heavy (non-hydrogen) atoms. The molecule has 0 bridgehead atoms. The zero-order valence-corrected chi connectivity index (χ0v) is 12.0. The minimum absolute atomic E-state index is 0.122. The second-order valence-corrected chi connectivity index (χ2v) is 6.21. The Morgan fingerprint density at radius 3 is 2.30 bits per heavy atom. The van der Waals surface area contributed by atoms with Gasteiger partial charge in [-0.2, -0.15) is 5.26 Å². The third kappa shape index (κ3) is 2.98. The summed E-state index contributed by atoms with van der Waals surface area (Å²) in [6.07, 6.45) is 0. The average molecular weight is 286 g/mol. The van der Waals surface area contributed by atoms with Gasteiger partial charge in [0.05, 0.1) is 16.5 Å². The van der Waals surface area contributed by atoms with Crippen LogP contribution in [0.3, 0.4) is 0 Å². The summed E-state index contributed by atoms with van der Waals surface area (Å²) in [6.45, 7) is 3.63. The summed E-state index contributed by atoms with van der Waals surface area (Å²) in [4.78, 5) is 0.122. The van der Waals surface area contributed by atoms with E-state index in [-0.39, 0.29) is 4.90 Å². The predicted molar refractivity (Wildman–Crippen MR) is 77.9 cm³/mol. The van der Waals surface area contributed by atoms with Crippen molar-refractivity contribution in [1.29, 1.82) is 5.26 Å². The van der Waals surface area contributed by atoms with Crippen LogP contribution in [0.1, 0.15) is 16.7 Å². The number of sulfonamides is 1. The van der Waals surface area contributed by atoms with Crippen LogP contribution in [0.15, 0.2) is 47.4 Å². The van der Waals surface area contributed by atoms with Crippen LogP contribution in [0.25, 0.3) is 0 Å². The molecule has 5 heteroatoms. The number of nitrogens with zero attached hydrogens (tertiary/aromatic N) is 1. The van der Waals surface area contributed by atoms with Crippen molar-refractivity contribution in [3.8, 4) is 6.07 Å². The average Bonchev–Trinajstić information content (AvgIpc) is 2.41. The molecule has 0 heterocycles. The maximum atomic E-state index is 12.4. The molecular weight excluding hydrogens is 272 g/mol. The van der Waals surface area contributed by atoms with Crippen molar-refractivity contribution in [1.82, 2.24) is 0 Å². The van der Waals surface area contributed by atoms with Crippen LogP contribution in [0, 0.1) is 25.2 Å². The molecule has 0 fully saturated rings. The third-order valence-corrected chi connectivity index (χ3v) is 4.43. The Hall–Kier alpha value is -2.32. The van der Waals surface area contributed by atoms with Gasteiger partial charge < -0.3 is 0 Å². The first-order chi connectivity index (χ1) is 9.42. The number of hydrogen-bond acceptors (Lipinski definition) is 3. The van der Waals surface area contributed by atoms with E-state index in [1.165, 1.54) is 6.07 Å². The summed E-state index contributed by atoms with van der Waals surface area (Å²) >= 11 is 0. The fourth-order valence-electron chi connectivity index (χ4n) is 1.79. The molecule has 2 aromatic rings. The minimum atomic E-state index is -3.69. The molecule has 4 nitrogen and oxygen atoms in total. The van der Waals surface area contributed by atoms with Crippen LogP contribution in [-0.2, 0) is 10.0 Å². The number of nitriles is 1. The molecule has 0 saturated carbocycles. The van der Waals surface area contributed by atoms with E-state index < -0.39 is 10.0 Å². The summed E-state index contributed by atoms with van der Waals surface area (Å²) in [5.74, 6) is 0. The lowest BCUT2D eigenvalue weighted by Crippen LogP contribution is -2.14. The van der Waals surface area contributed by atoms with Gasteiger partial charge in [0, 0.05) is 5.69 Å². The Morgan fingerprint density at radius 1 is 1.05 bits per heavy atom. The van der Waals surface area contributed by atoms with Crippen molar-refractivity contribution in [2.45, 2.75) is 18.7 Å². The number of benzene rings is 2. The molecule has 0 aliphatic heterocycles. The number of rotatable bonds is 3. The van der Waals surface area contributed by atoms with Gasteiger partial charge in [-0.1, -0.05) is 23.8 Å². The molecule has 1 N–H and O–H groups in total. The van der Waals surface area contributed by atoms with Crippen LogP contribution in [0.2, 0.25) is 0 Å². The minimum Gasteiger partial charge on any atom is -0.280 e. The molecule has 0 unspecified atom stereocenters. The van der Waals surface area contributed by atoms with E-state index in [4.69, 9.17) is 5.26 Å². The van der Waals surface area contributed by atoms with Gasteiger partial charge >= 0.3 is 0 Å². The van der Waals surface area contributed by atoms with Gasteiger partial charge in [-0.15, -0.1) is 0 Å². The normalized spacial score (nSPS) is 10.8. The van der Waals surface area contributed by atoms with Gasteiger partial charge in [-0.25, -0.2) is 8.42 Å². The number of aryl methyl sites for hydroxylation is 2. The van der Waals surface area contributed by atoms with Crippen molar-refractivity contribution in [3.05, 3.63) is 59.2 Å². The Labute approximate surface area is 118 Å². The maximum absolute atomic E-state index is 12.4. The number of anilines is 1. The summed E-state index contributed by atoms with van der Waals surface area (Å²) in [7, 11) is -3.69. The highest BCUT2D eigenvalue weighted by Gasteiger charge is 2.17. The lowest BCUT2D eigenvalue weighted by molar-refractivity contribution is 0.600. The van der Waals surface area contributed by atoms with Gasteiger partial charge in [0.1, 0.15) is 0 Å². The summed E-state index contributed by atoms with van der Waals surface area (Å²) in [6, 6.07) is 13.6. The van der Waals surface area contributed by atoms with Gasteiger partial charge in [0.25, 0.3) is 10.0 Å². The van der Waals surface area contributed by atoms with Crippen molar-refractivity contribution >= 4 is 15.7 Å². The standard InChI is InChI=1S/C15H14N2O2S/c1-11-3-7-14(8-4-11)17-20(18,19)15-9-13(10-16)6-5-12(15)2/h3-9,17H,1-2H3. The molecule has 0 aliphatic rings. The Bertz CT molecular complexity index is 773. The SMILES string of the molecule is Cc1ccc(NS(=O)(=O)c2cc(C#N)ccc2C)cc1. The highest BCUT2D eigenvalue weighted by Crippen LogP contribution is 2.20. The molecule has 0 saturated heterocycles. The topological polar surface area (TPSA) is 70.0 Å². The number of nitrogens with one attached hydrogen (secondary N) is 1. The summed E-state index contributed by atoms with van der Waals surface area (Å²) in [5, 5.41) is 8.87. The maximum Gasteiger partial charge on any atom is 0.262 e. The van der Waals surface area contributed by atoms with Gasteiger partial charge in [-0.05, 0) is 43.7 Å². The van der Waals surface area contributed by atoms with Crippen LogP contribution in [0.5, 0.6) is 0 Å². The van der Waals surface area contributed by atoms with E-state index in [0.717, 1.165) is 5.56 Å². The van der Waals surface area contributed by atoms with Crippen molar-refractivity contribution in [2.24, 2.45) is 0 Å². The van der Waals surface area contributed by atoms with E-state index in [9.17, 15) is 8.42 Å². The van der Waals surface area contributed by atoms with Crippen molar-refractivity contribution in [3.63, 3.8) is 0 Å². The first-order valence-corrected chi connectivity index (χ1v) is 7.51. The number of hydrogen-bond donors (Lipinski definition) is 1.